The van der Waals surface area contributed by atoms with Crippen LogP contribution in [0, 0.1) is 0 Å². The zero-order valence-electron chi connectivity index (χ0n) is 26.8. The monoisotopic (exact) mass is 670 g/mol. The number of benzene rings is 3. The number of quaternary nitrogens is 1. The van der Waals surface area contributed by atoms with Crippen LogP contribution in [0.15, 0.2) is 91.0 Å². The molecule has 1 aliphatic heterocycles. The third-order valence-corrected chi connectivity index (χ3v) is 7.79. The van der Waals surface area contributed by atoms with Crippen molar-refractivity contribution in [2.45, 2.75) is 51.5 Å². The summed E-state index contributed by atoms with van der Waals surface area (Å²) in [4.78, 5) is 52.2. The van der Waals surface area contributed by atoms with Gasteiger partial charge in [0.05, 0.1) is 36.3 Å². The highest BCUT2D eigenvalue weighted by molar-refractivity contribution is 7.30. The van der Waals surface area contributed by atoms with Gasteiger partial charge in [-0.15, -0.1) is 4.52 Å². The summed E-state index contributed by atoms with van der Waals surface area (Å²) in [5.74, 6) is -2.43. The predicted octanol–water partition coefficient (Wildman–Crippen LogP) is 3.00. The Labute approximate surface area is 275 Å². The van der Waals surface area contributed by atoms with Gasteiger partial charge in [-0.3, -0.25) is 0 Å². The molecule has 4 rings (SSSR count). The molecule has 1 N–H and O–H groups in total. The van der Waals surface area contributed by atoms with E-state index in [2.05, 4.69) is 20.8 Å². The SMILES string of the molecule is CC[NH+](CC)CC.CO[C@H]1O[C@H](CO[P+](=O)[O-])[C@@H](OC(=O)c2ccccc2)[C@H](OC(=O)c2ccccc2)[C@H]1OC(=O)c1ccccc1. The van der Waals surface area contributed by atoms with Gasteiger partial charge in [-0.25, -0.2) is 14.4 Å². The van der Waals surface area contributed by atoms with Crippen LogP contribution in [-0.4, -0.2) is 82.0 Å². The van der Waals surface area contributed by atoms with Crippen LogP contribution in [0.2, 0.25) is 0 Å². The molecular weight excluding hydrogens is 629 g/mol. The highest BCUT2D eigenvalue weighted by Gasteiger charge is 2.53. The molecule has 12 nitrogen and oxygen atoms in total. The summed E-state index contributed by atoms with van der Waals surface area (Å²) >= 11 is 0. The van der Waals surface area contributed by atoms with E-state index < -0.39 is 63.5 Å². The van der Waals surface area contributed by atoms with Gasteiger partial charge in [-0.1, -0.05) is 54.6 Å². The number of carbonyl (C=O) groups excluding carboxylic acids is 3. The van der Waals surface area contributed by atoms with Crippen molar-refractivity contribution in [3.63, 3.8) is 0 Å². The lowest BCUT2D eigenvalue weighted by molar-refractivity contribution is -0.894. The molecular formula is C34H41NO11P+. The molecule has 3 aromatic carbocycles. The molecule has 0 aromatic heterocycles. The zero-order valence-corrected chi connectivity index (χ0v) is 27.7. The fourth-order valence-corrected chi connectivity index (χ4v) is 5.05. The topological polar surface area (TPSA) is 151 Å². The average molecular weight is 671 g/mol. The van der Waals surface area contributed by atoms with E-state index in [1.807, 2.05) is 0 Å². The maximum atomic E-state index is 13.2. The van der Waals surface area contributed by atoms with E-state index in [-0.39, 0.29) is 16.7 Å². The Hall–Kier alpha value is -4.03. The zero-order chi connectivity index (χ0) is 34.2. The van der Waals surface area contributed by atoms with Crippen molar-refractivity contribution in [1.29, 1.82) is 0 Å². The van der Waals surface area contributed by atoms with E-state index >= 15 is 0 Å². The summed E-state index contributed by atoms with van der Waals surface area (Å²) in [5.41, 5.74) is 0.522. The lowest BCUT2D eigenvalue weighted by Gasteiger charge is -2.43. The van der Waals surface area contributed by atoms with Gasteiger partial charge in [0.15, 0.2) is 24.6 Å². The first-order valence-electron chi connectivity index (χ1n) is 15.3. The molecule has 0 amide bonds. The van der Waals surface area contributed by atoms with Crippen molar-refractivity contribution in [3.05, 3.63) is 108 Å². The van der Waals surface area contributed by atoms with Gasteiger partial charge in [0.25, 0.3) is 0 Å². The molecule has 252 valence electrons. The second-order valence-corrected chi connectivity index (χ2v) is 11.0. The summed E-state index contributed by atoms with van der Waals surface area (Å²) < 4.78 is 44.4. The second-order valence-electron chi connectivity index (χ2n) is 10.3. The van der Waals surface area contributed by atoms with Crippen molar-refractivity contribution in [2.24, 2.45) is 0 Å². The number of hydrogen-bond donors (Lipinski definition) is 1. The summed E-state index contributed by atoms with van der Waals surface area (Å²) in [5, 5.41) is 0. The van der Waals surface area contributed by atoms with Gasteiger partial charge < -0.3 is 33.5 Å². The van der Waals surface area contributed by atoms with Crippen molar-refractivity contribution in [3.8, 4) is 0 Å². The second kappa shape index (κ2) is 19.6. The van der Waals surface area contributed by atoms with E-state index in [0.29, 0.717) is 0 Å². The Bertz CT molecular complexity index is 1400. The normalized spacial score (nSPS) is 20.7. The fourth-order valence-electron chi connectivity index (χ4n) is 4.79. The minimum Gasteiger partial charge on any atom is -0.566 e. The third-order valence-electron chi connectivity index (χ3n) is 7.43. The van der Waals surface area contributed by atoms with Gasteiger partial charge in [0.2, 0.25) is 0 Å². The Balaban J connectivity index is 0.000000771. The van der Waals surface area contributed by atoms with Crippen LogP contribution in [0.3, 0.4) is 0 Å². The molecule has 13 heteroatoms. The van der Waals surface area contributed by atoms with Crippen molar-refractivity contribution >= 4 is 26.2 Å². The number of hydrogen-bond acceptors (Lipinski definition) is 11. The van der Waals surface area contributed by atoms with Crippen LogP contribution in [0.1, 0.15) is 51.8 Å². The summed E-state index contributed by atoms with van der Waals surface area (Å²) in [6.45, 7) is 9.88. The van der Waals surface area contributed by atoms with E-state index in [0.717, 1.165) is 0 Å². The summed E-state index contributed by atoms with van der Waals surface area (Å²) in [6.07, 6.45) is -7.06. The lowest BCUT2D eigenvalue weighted by atomic mass is 9.97. The van der Waals surface area contributed by atoms with Gasteiger partial charge in [-0.05, 0) is 61.7 Å². The molecule has 0 aliphatic carbocycles. The van der Waals surface area contributed by atoms with Crippen LogP contribution in [-0.2, 0) is 32.8 Å². The minimum atomic E-state index is -3.30. The summed E-state index contributed by atoms with van der Waals surface area (Å²) in [6, 6.07) is 23.9. The number of rotatable bonds is 13. The maximum absolute atomic E-state index is 13.2. The van der Waals surface area contributed by atoms with Gasteiger partial charge in [0, 0.05) is 7.11 Å². The first-order valence-corrected chi connectivity index (χ1v) is 16.4. The highest BCUT2D eigenvalue weighted by Crippen LogP contribution is 2.32. The summed E-state index contributed by atoms with van der Waals surface area (Å²) in [7, 11) is -2.05. The smallest absolute Gasteiger partial charge is 0.488 e. The van der Waals surface area contributed by atoms with Crippen LogP contribution in [0.4, 0.5) is 0 Å². The molecule has 1 heterocycles. The van der Waals surface area contributed by atoms with Crippen molar-refractivity contribution < 1.29 is 57.0 Å². The first kappa shape index (κ1) is 37.4. The van der Waals surface area contributed by atoms with Crippen molar-refractivity contribution in [2.75, 3.05) is 33.4 Å². The Morgan fingerprint density at radius 1 is 0.681 bits per heavy atom. The molecule has 3 aromatic rings. The molecule has 6 atom stereocenters. The number of nitrogens with one attached hydrogen (secondary N) is 1. The molecule has 0 spiro atoms. The third kappa shape index (κ3) is 11.3. The quantitative estimate of drug-likeness (QED) is 0.162. The molecule has 47 heavy (non-hydrogen) atoms. The van der Waals surface area contributed by atoms with Crippen molar-refractivity contribution in [1.82, 2.24) is 0 Å². The number of methoxy groups -OCH3 is 1. The van der Waals surface area contributed by atoms with Crippen LogP contribution < -0.4 is 9.79 Å². The van der Waals surface area contributed by atoms with Gasteiger partial charge in [-0.2, -0.15) is 0 Å². The first-order chi connectivity index (χ1) is 22.7. The standard InChI is InChI=1S/C28H25O11P.C6H15N/c1-34-28-24(39-27(31)20-15-9-4-10-16-20)23(38-26(30)19-13-7-3-8-14-19)22(21(36-28)17-35-40(32)33)37-25(29)18-11-5-2-6-12-18;1-4-7(5-2)6-3/h2-16,21-24,28H,17H2,1H3;4-6H2,1-3H3/p+1/t21-,22-,23+,24-,28+;/m1./s1. The van der Waals surface area contributed by atoms with E-state index in [9.17, 15) is 23.8 Å². The molecule has 1 saturated heterocycles. The van der Waals surface area contributed by atoms with Gasteiger partial charge >= 0.3 is 26.2 Å². The molecule has 1 aliphatic rings. The number of ether oxygens (including phenoxy) is 5. The molecule has 0 bridgehead atoms. The Morgan fingerprint density at radius 2 is 1.06 bits per heavy atom. The molecule has 0 saturated carbocycles. The lowest BCUT2D eigenvalue weighted by Crippen LogP contribution is -3.11. The predicted molar refractivity (Wildman–Crippen MR) is 169 cm³/mol. The Kier molecular flexibility index (Phi) is 15.6. The minimum absolute atomic E-state index is 0.164. The van der Waals surface area contributed by atoms with Gasteiger partial charge in [0.1, 0.15) is 12.7 Å². The molecule has 0 radical (unpaired) electrons. The molecule has 1 unspecified atom stereocenters. The average Bonchev–Trinajstić information content (AvgIpc) is 3.11. The van der Waals surface area contributed by atoms with Crippen LogP contribution in [0.25, 0.3) is 0 Å². The maximum Gasteiger partial charge on any atom is 0.488 e. The largest absolute Gasteiger partial charge is 0.566 e. The van der Waals surface area contributed by atoms with E-state index in [1.165, 1.54) is 63.1 Å². The molecule has 1 fully saturated rings. The number of esters is 3. The van der Waals surface area contributed by atoms with Crippen LogP contribution in [0.5, 0.6) is 0 Å². The Morgan fingerprint density at radius 3 is 1.40 bits per heavy atom. The number of carbonyl (C=O) groups is 3. The van der Waals surface area contributed by atoms with E-state index in [1.54, 1.807) is 59.5 Å². The fraction of sp³-hybridized carbons (Fsp3) is 0.382. The van der Waals surface area contributed by atoms with Crippen LogP contribution >= 0.6 is 8.25 Å². The highest BCUT2D eigenvalue weighted by atomic mass is 31.1. The van der Waals surface area contributed by atoms with E-state index in [4.69, 9.17) is 28.2 Å².